The molecule has 1 aliphatic heterocycles. The van der Waals surface area contributed by atoms with E-state index in [9.17, 15) is 17.6 Å². The van der Waals surface area contributed by atoms with Crippen molar-refractivity contribution in [1.29, 1.82) is 10.8 Å². The van der Waals surface area contributed by atoms with E-state index < -0.39 is 32.4 Å². The number of thiol groups is 1. The molecule has 0 bridgehead atoms. The summed E-state index contributed by atoms with van der Waals surface area (Å²) in [5.74, 6) is -2.53. The predicted molar refractivity (Wildman–Crippen MR) is 126 cm³/mol. The molecule has 9 nitrogen and oxygen atoms in total. The standard InChI is InChI=1S/C18H23F2N6O3PS2/c1-23(2)18(27)25-7-5-24(6-8-25)17-13(19)12(32(28)29)9-11-10(3-4-26(11)17)15(21)31-16(22)14(20)30/h3-4,9,14,21-22,32H,5-8,30H2,1-2H3. The van der Waals surface area contributed by atoms with Crippen molar-refractivity contribution in [2.45, 2.75) is 10.8 Å². The number of thioether (sulfide) groups is 1. The molecule has 0 aromatic carbocycles. The van der Waals surface area contributed by atoms with Crippen LogP contribution in [0.2, 0.25) is 0 Å². The van der Waals surface area contributed by atoms with E-state index in [2.05, 4.69) is 0 Å². The van der Waals surface area contributed by atoms with Crippen LogP contribution < -0.4 is 4.90 Å². The first kappa shape index (κ1) is 24.4. The molecule has 3 heterocycles. The number of urea groups is 1. The second-order valence-electron chi connectivity index (χ2n) is 7.26. The summed E-state index contributed by atoms with van der Waals surface area (Å²) < 4.78 is 53.5. The number of halogens is 2. The van der Waals surface area contributed by atoms with E-state index in [0.717, 1.165) is 6.07 Å². The number of fused-ring (bicyclic) bond motifs is 1. The summed E-state index contributed by atoms with van der Waals surface area (Å²) in [6, 6.07) is 2.48. The molecule has 174 valence electrons. The molecule has 0 spiro atoms. The zero-order valence-corrected chi connectivity index (χ0v) is 20.2. The maximum atomic E-state index is 15.3. The molecule has 1 fully saturated rings. The number of nitrogens with zero attached hydrogens (tertiary/aromatic N) is 4. The van der Waals surface area contributed by atoms with Crippen LogP contribution in [0.5, 0.6) is 0 Å². The highest BCUT2D eigenvalue weighted by molar-refractivity contribution is 8.27. The fraction of sp³-hybridized carbons (Fsp3) is 0.389. The van der Waals surface area contributed by atoms with E-state index in [1.165, 1.54) is 21.6 Å². The Morgan fingerprint density at radius 1 is 1.25 bits per heavy atom. The van der Waals surface area contributed by atoms with E-state index in [1.807, 2.05) is 9.24 Å². The molecule has 1 saturated heterocycles. The molecule has 2 aromatic heterocycles. The molecule has 14 heteroatoms. The maximum absolute atomic E-state index is 15.3. The first-order chi connectivity index (χ1) is 15.0. The van der Waals surface area contributed by atoms with Crippen LogP contribution in [0.25, 0.3) is 5.52 Å². The Morgan fingerprint density at radius 2 is 1.88 bits per heavy atom. The van der Waals surface area contributed by atoms with Crippen molar-refractivity contribution >= 4 is 59.2 Å². The zero-order chi connectivity index (χ0) is 23.7. The number of hydrogen-bond acceptors (Lipinski definition) is 7. The van der Waals surface area contributed by atoms with E-state index in [4.69, 9.17) is 10.8 Å². The summed E-state index contributed by atoms with van der Waals surface area (Å²) in [5.41, 5.74) is 0.512. The number of pyridine rings is 1. The third kappa shape index (κ3) is 4.74. The second-order valence-corrected chi connectivity index (χ2v) is 9.89. The summed E-state index contributed by atoms with van der Waals surface area (Å²) in [6.45, 7) is 1.22. The van der Waals surface area contributed by atoms with Gasteiger partial charge in [0.15, 0.2) is 28.3 Å². The SMILES string of the molecule is CN(C)C(=O)N1CCN(c2c(F)c([SH](=O)=O)cc3c(C(=N)SC(=N)C(F)P)ccn23)CC1. The van der Waals surface area contributed by atoms with Crippen LogP contribution in [0.15, 0.2) is 23.2 Å². The van der Waals surface area contributed by atoms with Crippen LogP contribution in [-0.4, -0.2) is 84.9 Å². The largest absolute Gasteiger partial charge is 0.352 e. The minimum atomic E-state index is -3.26. The molecular weight excluding hydrogens is 481 g/mol. The third-order valence-corrected chi connectivity index (χ3v) is 7.15. The molecule has 2 aromatic rings. The summed E-state index contributed by atoms with van der Waals surface area (Å²) in [4.78, 5) is 16.4. The predicted octanol–water partition coefficient (Wildman–Crippen LogP) is 2.06. The topological polar surface area (TPSA) is 113 Å². The Balaban J connectivity index is 2.02. The fourth-order valence-electron chi connectivity index (χ4n) is 3.42. The Bertz CT molecular complexity index is 1150. The van der Waals surface area contributed by atoms with Crippen molar-refractivity contribution in [1.82, 2.24) is 14.2 Å². The lowest BCUT2D eigenvalue weighted by Crippen LogP contribution is -2.52. The molecule has 2 unspecified atom stereocenters. The number of aromatic nitrogens is 1. The van der Waals surface area contributed by atoms with E-state index in [-0.39, 0.29) is 41.1 Å². The number of rotatable bonds is 4. The van der Waals surface area contributed by atoms with Gasteiger partial charge in [-0.2, -0.15) is 0 Å². The molecule has 2 atom stereocenters. The van der Waals surface area contributed by atoms with Crippen LogP contribution >= 0.6 is 21.0 Å². The first-order valence-electron chi connectivity index (χ1n) is 9.47. The highest BCUT2D eigenvalue weighted by Gasteiger charge is 2.28. The Morgan fingerprint density at radius 3 is 2.41 bits per heavy atom. The van der Waals surface area contributed by atoms with Crippen LogP contribution in [0.4, 0.5) is 19.4 Å². The molecule has 1 aliphatic rings. The number of amides is 2. The normalized spacial score (nSPS) is 15.3. The average molecular weight is 505 g/mol. The molecule has 2 amide bonds. The number of piperazine rings is 1. The van der Waals surface area contributed by atoms with Crippen molar-refractivity contribution in [3.63, 3.8) is 0 Å². The van der Waals surface area contributed by atoms with Crippen LogP contribution in [0, 0.1) is 16.6 Å². The summed E-state index contributed by atoms with van der Waals surface area (Å²) in [6.07, 6.45) is 1.51. The van der Waals surface area contributed by atoms with Gasteiger partial charge in [0.25, 0.3) is 0 Å². The van der Waals surface area contributed by atoms with Crippen molar-refractivity contribution in [3.8, 4) is 0 Å². The van der Waals surface area contributed by atoms with Gasteiger partial charge in [0, 0.05) is 52.0 Å². The van der Waals surface area contributed by atoms with Gasteiger partial charge in [0.2, 0.25) is 0 Å². The number of carbonyl (C=O) groups is 1. The van der Waals surface area contributed by atoms with Gasteiger partial charge in [-0.1, -0.05) is 21.0 Å². The molecule has 32 heavy (non-hydrogen) atoms. The number of hydrogen-bond donors (Lipinski definition) is 3. The van der Waals surface area contributed by atoms with Crippen molar-refractivity contribution < 1.29 is 22.0 Å². The summed E-state index contributed by atoms with van der Waals surface area (Å²) in [5, 5.41) is 15.3. The van der Waals surface area contributed by atoms with Gasteiger partial charge >= 0.3 is 6.03 Å². The highest BCUT2D eigenvalue weighted by Crippen LogP contribution is 2.31. The van der Waals surface area contributed by atoms with Crippen molar-refractivity contribution in [3.05, 3.63) is 29.7 Å². The van der Waals surface area contributed by atoms with Crippen molar-refractivity contribution in [2.75, 3.05) is 45.2 Å². The lowest BCUT2D eigenvalue weighted by atomic mass is 10.2. The molecular formula is C18H23F2N6O3PS2. The quantitative estimate of drug-likeness (QED) is 0.255. The van der Waals surface area contributed by atoms with E-state index in [0.29, 0.717) is 24.9 Å². The number of nitrogens with one attached hydrogen (secondary N) is 2. The third-order valence-electron chi connectivity index (χ3n) is 4.98. The van der Waals surface area contributed by atoms with Gasteiger partial charge < -0.3 is 19.1 Å². The Labute approximate surface area is 191 Å². The number of alkyl halides is 1. The van der Waals surface area contributed by atoms with Gasteiger partial charge in [-0.15, -0.1) is 0 Å². The highest BCUT2D eigenvalue weighted by atomic mass is 32.2. The lowest BCUT2D eigenvalue weighted by molar-refractivity contribution is 0.167. The van der Waals surface area contributed by atoms with Crippen LogP contribution in [0.1, 0.15) is 5.56 Å². The van der Waals surface area contributed by atoms with Gasteiger partial charge in [0.1, 0.15) is 15.0 Å². The fourth-order valence-corrected chi connectivity index (χ4v) is 4.73. The minimum absolute atomic E-state index is 0.0159. The van der Waals surface area contributed by atoms with Gasteiger partial charge in [-0.25, -0.2) is 22.0 Å². The van der Waals surface area contributed by atoms with Gasteiger partial charge in [-0.3, -0.25) is 10.8 Å². The summed E-state index contributed by atoms with van der Waals surface area (Å²) >= 11 is 0.597. The smallest absolute Gasteiger partial charge is 0.319 e. The maximum Gasteiger partial charge on any atom is 0.319 e. The molecule has 3 rings (SSSR count). The van der Waals surface area contributed by atoms with Crippen molar-refractivity contribution in [2.24, 2.45) is 0 Å². The zero-order valence-electron chi connectivity index (χ0n) is 17.3. The second kappa shape index (κ2) is 9.72. The molecule has 2 N–H and O–H groups in total. The molecule has 0 saturated carbocycles. The Kier molecular flexibility index (Phi) is 7.41. The van der Waals surface area contributed by atoms with Gasteiger partial charge in [-0.05, 0) is 12.1 Å². The Hall–Kier alpha value is -2.24. The lowest BCUT2D eigenvalue weighted by Gasteiger charge is -2.37. The molecule has 0 radical (unpaired) electrons. The van der Waals surface area contributed by atoms with Crippen LogP contribution in [-0.2, 0) is 10.7 Å². The van der Waals surface area contributed by atoms with E-state index >= 15 is 4.39 Å². The molecule has 0 aliphatic carbocycles. The summed E-state index contributed by atoms with van der Waals surface area (Å²) in [7, 11) is 1.85. The number of anilines is 1. The van der Waals surface area contributed by atoms with Gasteiger partial charge in [0.05, 0.1) is 5.52 Å². The number of carbonyl (C=O) groups excluding carboxylic acids is 1. The van der Waals surface area contributed by atoms with E-state index in [1.54, 1.807) is 23.9 Å². The minimum Gasteiger partial charge on any atom is -0.352 e. The first-order valence-corrected chi connectivity index (χ1v) is 12.1. The monoisotopic (exact) mass is 504 g/mol. The van der Waals surface area contributed by atoms with Crippen LogP contribution in [0.3, 0.4) is 0 Å². The average Bonchev–Trinajstić information content (AvgIpc) is 3.16.